The molecule has 0 spiro atoms. The summed E-state index contributed by atoms with van der Waals surface area (Å²) in [4.78, 5) is 16.0. The van der Waals surface area contributed by atoms with Crippen molar-refractivity contribution in [3.05, 3.63) is 46.7 Å². The molecular weight excluding hydrogens is 286 g/mol. The van der Waals surface area contributed by atoms with E-state index in [1.165, 1.54) is 11.8 Å². The molecule has 0 amide bonds. The summed E-state index contributed by atoms with van der Waals surface area (Å²) in [6, 6.07) is 9.13. The molecule has 5 nitrogen and oxygen atoms in total. The molecule has 0 bridgehead atoms. The van der Waals surface area contributed by atoms with E-state index in [2.05, 4.69) is 10.3 Å². The maximum atomic E-state index is 11.5. The van der Waals surface area contributed by atoms with Crippen molar-refractivity contribution in [3.8, 4) is 6.07 Å². The summed E-state index contributed by atoms with van der Waals surface area (Å²) in [6.45, 7) is 3.69. The van der Waals surface area contributed by atoms with Gasteiger partial charge in [0.25, 0.3) is 0 Å². The van der Waals surface area contributed by atoms with E-state index in [-0.39, 0.29) is 11.3 Å². The van der Waals surface area contributed by atoms with Crippen LogP contribution in [0.2, 0.25) is 0 Å². The fourth-order valence-corrected chi connectivity index (χ4v) is 2.69. The maximum Gasteiger partial charge on any atom is 0.335 e. The Morgan fingerprint density at radius 3 is 2.67 bits per heavy atom. The fraction of sp³-hybridized carbons (Fsp3) is 0.267. The number of carbonyl (C=O) groups is 1. The van der Waals surface area contributed by atoms with E-state index in [1.807, 2.05) is 37.3 Å². The highest BCUT2D eigenvalue weighted by Gasteiger charge is 2.28. The molecule has 0 aliphatic carbocycles. The Kier molecular flexibility index (Phi) is 4.66. The Hall–Kier alpha value is -2.26. The van der Waals surface area contributed by atoms with Crippen LogP contribution in [0.25, 0.3) is 0 Å². The zero-order valence-electron chi connectivity index (χ0n) is 11.8. The molecule has 0 radical (unpaired) electrons. The van der Waals surface area contributed by atoms with Crippen LogP contribution >= 0.6 is 11.8 Å². The second-order valence-electron chi connectivity index (χ2n) is 4.66. The second kappa shape index (κ2) is 6.46. The largest absolute Gasteiger partial charge is 0.478 e. The average Bonchev–Trinajstić information content (AvgIpc) is 2.44. The molecular formula is C15H15N3O2S. The number of nitriles is 1. The van der Waals surface area contributed by atoms with E-state index in [9.17, 15) is 9.90 Å². The number of hydrogen-bond acceptors (Lipinski definition) is 5. The van der Waals surface area contributed by atoms with E-state index in [0.717, 1.165) is 11.1 Å². The van der Waals surface area contributed by atoms with Crippen molar-refractivity contribution in [3.63, 3.8) is 0 Å². The minimum Gasteiger partial charge on any atom is -0.478 e. The predicted octanol–water partition coefficient (Wildman–Crippen LogP) is 2.61. The van der Waals surface area contributed by atoms with Gasteiger partial charge in [-0.15, -0.1) is 0 Å². The van der Waals surface area contributed by atoms with Crippen LogP contribution in [0.5, 0.6) is 0 Å². The third kappa shape index (κ3) is 3.44. The number of thioether (sulfide) groups is 1. The molecule has 6 heteroatoms. The smallest absolute Gasteiger partial charge is 0.335 e. The number of carboxylic acid groups (broad SMARTS) is 1. The number of nitrogens with zero attached hydrogens (tertiary/aromatic N) is 2. The van der Waals surface area contributed by atoms with Crippen molar-refractivity contribution in [2.24, 2.45) is 4.99 Å². The van der Waals surface area contributed by atoms with Crippen molar-refractivity contribution in [1.82, 2.24) is 5.32 Å². The molecule has 21 heavy (non-hydrogen) atoms. The first-order chi connectivity index (χ1) is 10.0. The normalized spacial score (nSPS) is 17.8. The lowest BCUT2D eigenvalue weighted by molar-refractivity contribution is -0.133. The first-order valence-corrected chi connectivity index (χ1v) is 7.36. The number of allylic oxidation sites excluding steroid dienone is 1. The average molecular weight is 301 g/mol. The number of benzene rings is 1. The minimum absolute atomic E-state index is 0.236. The topological polar surface area (TPSA) is 85.5 Å². The van der Waals surface area contributed by atoms with Crippen LogP contribution in [0.3, 0.4) is 0 Å². The highest BCUT2D eigenvalue weighted by molar-refractivity contribution is 8.14. The Labute approximate surface area is 127 Å². The third-order valence-electron chi connectivity index (χ3n) is 3.12. The van der Waals surface area contributed by atoms with Gasteiger partial charge in [0.15, 0.2) is 5.17 Å². The highest BCUT2D eigenvalue weighted by Crippen LogP contribution is 2.32. The van der Waals surface area contributed by atoms with Gasteiger partial charge in [0.2, 0.25) is 0 Å². The quantitative estimate of drug-likeness (QED) is 0.896. The maximum absolute atomic E-state index is 11.5. The summed E-state index contributed by atoms with van der Waals surface area (Å²) in [5.74, 6) is -0.721. The number of amidine groups is 1. The Morgan fingerprint density at radius 2 is 2.10 bits per heavy atom. The molecule has 1 unspecified atom stereocenters. The summed E-state index contributed by atoms with van der Waals surface area (Å²) in [7, 11) is 0. The molecule has 1 aromatic rings. The Morgan fingerprint density at radius 1 is 1.43 bits per heavy atom. The molecule has 2 rings (SSSR count). The van der Waals surface area contributed by atoms with Gasteiger partial charge in [-0.2, -0.15) is 5.26 Å². The first-order valence-electron chi connectivity index (χ1n) is 6.38. The standard InChI is InChI=1S/C15H15N3O2S/c1-9-3-5-11(6-4-9)13-12(14(19)20)10(2)17-15(18-13)21-8-7-16/h3-6,13H,8H2,1-2H3,(H,17,18)(H,19,20). The molecule has 0 aromatic heterocycles. The molecule has 0 saturated heterocycles. The van der Waals surface area contributed by atoms with Gasteiger partial charge in [0.1, 0.15) is 6.04 Å². The number of aryl methyl sites for hydroxylation is 1. The van der Waals surface area contributed by atoms with Crippen LogP contribution in [-0.4, -0.2) is 22.0 Å². The van der Waals surface area contributed by atoms with Gasteiger partial charge in [-0.1, -0.05) is 41.6 Å². The number of aliphatic carboxylic acids is 1. The molecule has 1 aliphatic rings. The van der Waals surface area contributed by atoms with Crippen LogP contribution in [-0.2, 0) is 4.79 Å². The zero-order chi connectivity index (χ0) is 15.4. The molecule has 2 N–H and O–H groups in total. The van der Waals surface area contributed by atoms with Crippen LogP contribution < -0.4 is 5.32 Å². The lowest BCUT2D eigenvalue weighted by Crippen LogP contribution is -2.29. The van der Waals surface area contributed by atoms with E-state index in [0.29, 0.717) is 10.9 Å². The van der Waals surface area contributed by atoms with Gasteiger partial charge < -0.3 is 10.4 Å². The molecule has 1 heterocycles. The van der Waals surface area contributed by atoms with Crippen LogP contribution in [0.4, 0.5) is 0 Å². The second-order valence-corrected chi connectivity index (χ2v) is 5.63. The molecule has 1 aliphatic heterocycles. The van der Waals surface area contributed by atoms with Gasteiger partial charge in [0, 0.05) is 5.70 Å². The van der Waals surface area contributed by atoms with Crippen molar-refractivity contribution in [1.29, 1.82) is 5.26 Å². The van der Waals surface area contributed by atoms with Gasteiger partial charge in [0.05, 0.1) is 17.4 Å². The summed E-state index contributed by atoms with van der Waals surface area (Å²) >= 11 is 1.27. The molecule has 1 atom stereocenters. The van der Waals surface area contributed by atoms with Crippen molar-refractivity contribution >= 4 is 22.9 Å². The summed E-state index contributed by atoms with van der Waals surface area (Å²) in [5, 5.41) is 21.6. The monoisotopic (exact) mass is 301 g/mol. The predicted molar refractivity (Wildman–Crippen MR) is 82.9 cm³/mol. The van der Waals surface area contributed by atoms with Gasteiger partial charge >= 0.3 is 5.97 Å². The van der Waals surface area contributed by atoms with E-state index >= 15 is 0 Å². The van der Waals surface area contributed by atoms with Gasteiger partial charge in [-0.3, -0.25) is 0 Å². The summed E-state index contributed by atoms with van der Waals surface area (Å²) in [5.41, 5.74) is 2.73. The van der Waals surface area contributed by atoms with Crippen LogP contribution in [0.15, 0.2) is 40.5 Å². The molecule has 0 saturated carbocycles. The number of carboxylic acids is 1. The molecule has 108 valence electrons. The van der Waals surface area contributed by atoms with E-state index < -0.39 is 12.0 Å². The SMILES string of the molecule is CC1=C(C(=O)O)C(c2ccc(C)cc2)N=C(SCC#N)N1. The van der Waals surface area contributed by atoms with Crippen LogP contribution in [0.1, 0.15) is 24.1 Å². The van der Waals surface area contributed by atoms with Gasteiger partial charge in [-0.05, 0) is 19.4 Å². The lowest BCUT2D eigenvalue weighted by atomic mass is 9.96. The van der Waals surface area contributed by atoms with E-state index in [4.69, 9.17) is 5.26 Å². The highest BCUT2D eigenvalue weighted by atomic mass is 32.2. The summed E-state index contributed by atoms with van der Waals surface area (Å²) in [6.07, 6.45) is 0. The molecule has 0 fully saturated rings. The van der Waals surface area contributed by atoms with E-state index in [1.54, 1.807) is 6.92 Å². The van der Waals surface area contributed by atoms with Crippen LogP contribution in [0, 0.1) is 18.3 Å². The van der Waals surface area contributed by atoms with Gasteiger partial charge in [-0.25, -0.2) is 9.79 Å². The first kappa shape index (κ1) is 15.1. The number of nitrogens with one attached hydrogen (secondary N) is 1. The molecule has 1 aromatic carbocycles. The Balaban J connectivity index is 2.41. The zero-order valence-corrected chi connectivity index (χ0v) is 12.6. The van der Waals surface area contributed by atoms with Crippen molar-refractivity contribution < 1.29 is 9.90 Å². The fourth-order valence-electron chi connectivity index (χ4n) is 2.09. The summed E-state index contributed by atoms with van der Waals surface area (Å²) < 4.78 is 0. The number of aliphatic imine (C=N–C) groups is 1. The number of rotatable bonds is 3. The Bertz CT molecular complexity index is 656. The number of hydrogen-bond donors (Lipinski definition) is 2. The van der Waals surface area contributed by atoms with Crippen molar-refractivity contribution in [2.45, 2.75) is 19.9 Å². The van der Waals surface area contributed by atoms with Crippen molar-refractivity contribution in [2.75, 3.05) is 5.75 Å². The lowest BCUT2D eigenvalue weighted by Gasteiger charge is -2.24. The minimum atomic E-state index is -0.987. The third-order valence-corrected chi connectivity index (χ3v) is 3.87.